The maximum atomic E-state index is 13.1. The number of para-hydroxylation sites is 1. The van der Waals surface area contributed by atoms with Crippen molar-refractivity contribution < 1.29 is 22.7 Å². The first kappa shape index (κ1) is 17.6. The molecule has 0 heterocycles. The van der Waals surface area contributed by atoms with E-state index < -0.39 is 17.7 Å². The summed E-state index contributed by atoms with van der Waals surface area (Å²) in [7, 11) is 0. The number of carbonyl (C=O) groups excluding carboxylic acids is 1. The maximum absolute atomic E-state index is 13.1. The van der Waals surface area contributed by atoms with E-state index in [9.17, 15) is 18.0 Å². The summed E-state index contributed by atoms with van der Waals surface area (Å²) in [5, 5.41) is 2.38. The average Bonchev–Trinajstić information content (AvgIpc) is 2.57. The van der Waals surface area contributed by atoms with Crippen LogP contribution in [0.4, 0.5) is 13.2 Å². The third-order valence-electron chi connectivity index (χ3n) is 3.08. The highest BCUT2D eigenvalue weighted by Gasteiger charge is 2.35. The van der Waals surface area contributed by atoms with Gasteiger partial charge in [-0.1, -0.05) is 48.5 Å². The third kappa shape index (κ3) is 5.46. The van der Waals surface area contributed by atoms with Gasteiger partial charge in [0.1, 0.15) is 12.4 Å². The predicted molar refractivity (Wildman–Crippen MR) is 85.4 cm³/mol. The van der Waals surface area contributed by atoms with Crippen molar-refractivity contribution in [3.8, 4) is 5.75 Å². The Morgan fingerprint density at radius 2 is 1.58 bits per heavy atom. The predicted octanol–water partition coefficient (Wildman–Crippen LogP) is 3.83. The molecule has 24 heavy (non-hydrogen) atoms. The second-order valence-corrected chi connectivity index (χ2v) is 4.87. The van der Waals surface area contributed by atoms with Crippen molar-refractivity contribution in [2.45, 2.75) is 6.18 Å². The highest BCUT2D eigenvalue weighted by atomic mass is 19.4. The highest BCUT2D eigenvalue weighted by molar-refractivity contribution is 5.96. The standard InChI is InChI=1S/C18H16F3NO2/c19-18(20,21)16(14-7-3-1-4-8-14)13-17(23)22-11-12-24-15-9-5-2-6-10-15/h1-10,13H,11-12H2,(H,22,23)/b16-13-. The third-order valence-corrected chi connectivity index (χ3v) is 3.08. The second-order valence-electron chi connectivity index (χ2n) is 4.87. The number of nitrogens with one attached hydrogen (secondary N) is 1. The second kappa shape index (κ2) is 8.19. The fraction of sp³-hybridized carbons (Fsp3) is 0.167. The van der Waals surface area contributed by atoms with Crippen LogP contribution in [0.15, 0.2) is 66.7 Å². The molecule has 0 aliphatic rings. The Labute approximate surface area is 137 Å². The first-order valence-electron chi connectivity index (χ1n) is 7.27. The van der Waals surface area contributed by atoms with Gasteiger partial charge in [0, 0.05) is 6.08 Å². The van der Waals surface area contributed by atoms with Gasteiger partial charge in [-0.05, 0) is 17.7 Å². The fourth-order valence-electron chi connectivity index (χ4n) is 1.99. The lowest BCUT2D eigenvalue weighted by atomic mass is 10.1. The number of alkyl halides is 3. The molecule has 3 nitrogen and oxygen atoms in total. The summed E-state index contributed by atoms with van der Waals surface area (Å²) in [5.74, 6) is -0.189. The SMILES string of the molecule is O=C(/C=C(/c1ccccc1)C(F)(F)F)NCCOc1ccccc1. The summed E-state index contributed by atoms with van der Waals surface area (Å²) >= 11 is 0. The lowest BCUT2D eigenvalue weighted by molar-refractivity contribution is -0.117. The van der Waals surface area contributed by atoms with Crippen molar-refractivity contribution in [3.05, 3.63) is 72.3 Å². The zero-order valence-electron chi connectivity index (χ0n) is 12.7. The molecule has 0 spiro atoms. The van der Waals surface area contributed by atoms with Crippen LogP contribution in [-0.4, -0.2) is 25.2 Å². The number of hydrogen-bond donors (Lipinski definition) is 1. The van der Waals surface area contributed by atoms with E-state index in [2.05, 4.69) is 5.32 Å². The van der Waals surface area contributed by atoms with Crippen LogP contribution in [0.25, 0.3) is 5.57 Å². The summed E-state index contributed by atoms with van der Waals surface area (Å²) in [6, 6.07) is 16.1. The lowest BCUT2D eigenvalue weighted by Gasteiger charge is -2.12. The van der Waals surface area contributed by atoms with Crippen molar-refractivity contribution in [2.75, 3.05) is 13.2 Å². The number of ether oxygens (including phenoxy) is 1. The summed E-state index contributed by atoms with van der Waals surface area (Å²) in [4.78, 5) is 11.7. The molecule has 2 rings (SSSR count). The molecule has 0 saturated carbocycles. The van der Waals surface area contributed by atoms with E-state index in [4.69, 9.17) is 4.74 Å². The summed E-state index contributed by atoms with van der Waals surface area (Å²) in [5.41, 5.74) is -1.04. The highest BCUT2D eigenvalue weighted by Crippen LogP contribution is 2.33. The monoisotopic (exact) mass is 335 g/mol. The van der Waals surface area contributed by atoms with Crippen LogP contribution in [0.1, 0.15) is 5.56 Å². The largest absolute Gasteiger partial charge is 0.492 e. The molecule has 0 unspecified atom stereocenters. The Kier molecular flexibility index (Phi) is 6.01. The molecule has 2 aromatic carbocycles. The Hall–Kier alpha value is -2.76. The molecule has 0 fully saturated rings. The molecular weight excluding hydrogens is 319 g/mol. The molecule has 1 amide bonds. The van der Waals surface area contributed by atoms with Gasteiger partial charge in [0.15, 0.2) is 0 Å². The van der Waals surface area contributed by atoms with Gasteiger partial charge in [-0.2, -0.15) is 13.2 Å². The zero-order valence-corrected chi connectivity index (χ0v) is 12.7. The van der Waals surface area contributed by atoms with E-state index in [0.29, 0.717) is 11.8 Å². The molecule has 0 atom stereocenters. The van der Waals surface area contributed by atoms with Crippen LogP contribution in [0.3, 0.4) is 0 Å². The van der Waals surface area contributed by atoms with Gasteiger partial charge in [-0.3, -0.25) is 4.79 Å². The van der Waals surface area contributed by atoms with Crippen molar-refractivity contribution in [3.63, 3.8) is 0 Å². The van der Waals surface area contributed by atoms with Crippen LogP contribution in [-0.2, 0) is 4.79 Å². The molecule has 2 aromatic rings. The Bertz CT molecular complexity index is 682. The summed E-state index contributed by atoms with van der Waals surface area (Å²) in [6.07, 6.45) is -4.04. The molecule has 6 heteroatoms. The van der Waals surface area contributed by atoms with Gasteiger partial charge in [-0.15, -0.1) is 0 Å². The smallest absolute Gasteiger partial charge is 0.417 e. The first-order valence-corrected chi connectivity index (χ1v) is 7.27. The molecule has 0 aliphatic heterocycles. The van der Waals surface area contributed by atoms with Crippen LogP contribution in [0, 0.1) is 0 Å². The number of rotatable bonds is 6. The van der Waals surface area contributed by atoms with E-state index >= 15 is 0 Å². The van der Waals surface area contributed by atoms with E-state index in [-0.39, 0.29) is 18.7 Å². The van der Waals surface area contributed by atoms with Gasteiger partial charge in [0.25, 0.3) is 0 Å². The molecule has 0 saturated heterocycles. The van der Waals surface area contributed by atoms with Crippen LogP contribution in [0.5, 0.6) is 5.75 Å². The average molecular weight is 335 g/mol. The Morgan fingerprint density at radius 1 is 1.00 bits per heavy atom. The van der Waals surface area contributed by atoms with Crippen molar-refractivity contribution in [1.82, 2.24) is 5.32 Å². The molecule has 0 aliphatic carbocycles. The van der Waals surface area contributed by atoms with Gasteiger partial charge in [-0.25, -0.2) is 0 Å². The van der Waals surface area contributed by atoms with E-state index in [1.54, 1.807) is 30.3 Å². The summed E-state index contributed by atoms with van der Waals surface area (Å²) < 4.78 is 44.7. The molecule has 0 bridgehead atoms. The van der Waals surface area contributed by atoms with Crippen molar-refractivity contribution in [1.29, 1.82) is 0 Å². The molecule has 0 aromatic heterocycles. The number of benzene rings is 2. The fourth-order valence-corrected chi connectivity index (χ4v) is 1.99. The molecular formula is C18H16F3NO2. The first-order chi connectivity index (χ1) is 11.5. The topological polar surface area (TPSA) is 38.3 Å². The van der Waals surface area contributed by atoms with Crippen molar-refractivity contribution in [2.24, 2.45) is 0 Å². The van der Waals surface area contributed by atoms with Crippen LogP contribution < -0.4 is 10.1 Å². The maximum Gasteiger partial charge on any atom is 0.417 e. The van der Waals surface area contributed by atoms with Gasteiger partial charge in [0.05, 0.1) is 12.1 Å². The quantitative estimate of drug-likeness (QED) is 0.644. The van der Waals surface area contributed by atoms with Crippen LogP contribution in [0.2, 0.25) is 0 Å². The number of halogens is 3. The van der Waals surface area contributed by atoms with E-state index in [1.165, 1.54) is 24.3 Å². The zero-order chi connectivity index (χ0) is 17.4. The normalized spacial score (nSPS) is 11.9. The molecule has 126 valence electrons. The Balaban J connectivity index is 1.93. The number of hydrogen-bond acceptors (Lipinski definition) is 2. The van der Waals surface area contributed by atoms with Crippen LogP contribution >= 0.6 is 0 Å². The number of allylic oxidation sites excluding steroid dienone is 1. The summed E-state index contributed by atoms with van der Waals surface area (Å²) in [6.45, 7) is 0.264. The minimum Gasteiger partial charge on any atom is -0.492 e. The van der Waals surface area contributed by atoms with Crippen molar-refractivity contribution >= 4 is 11.5 Å². The lowest BCUT2D eigenvalue weighted by Crippen LogP contribution is -2.27. The Morgan fingerprint density at radius 3 is 2.17 bits per heavy atom. The minimum absolute atomic E-state index is 0.0549. The number of carbonyl (C=O) groups is 1. The molecule has 1 N–H and O–H groups in total. The van der Waals surface area contributed by atoms with E-state index in [0.717, 1.165) is 0 Å². The van der Waals surface area contributed by atoms with Gasteiger partial charge in [0.2, 0.25) is 5.91 Å². The number of amides is 1. The minimum atomic E-state index is -4.61. The van der Waals surface area contributed by atoms with Gasteiger partial charge < -0.3 is 10.1 Å². The van der Waals surface area contributed by atoms with Gasteiger partial charge >= 0.3 is 6.18 Å². The molecule has 0 radical (unpaired) electrons. The van der Waals surface area contributed by atoms with E-state index in [1.807, 2.05) is 6.07 Å².